The molecule has 1 aromatic carbocycles. The maximum Gasteiger partial charge on any atom is 0.291 e. The highest BCUT2D eigenvalue weighted by molar-refractivity contribution is 7.89. The number of anilines is 1. The van der Waals surface area contributed by atoms with Gasteiger partial charge in [-0.2, -0.15) is 0 Å². The van der Waals surface area contributed by atoms with Crippen LogP contribution in [0.1, 0.15) is 45.0 Å². The van der Waals surface area contributed by atoms with Gasteiger partial charge < -0.3 is 10.2 Å². The lowest BCUT2D eigenvalue weighted by molar-refractivity contribution is 0.150. The molecule has 0 bridgehead atoms. The average molecular weight is 592 g/mol. The van der Waals surface area contributed by atoms with Gasteiger partial charge in [0, 0.05) is 42.5 Å². The number of rotatable bonds is 7. The smallest absolute Gasteiger partial charge is 0.291 e. The van der Waals surface area contributed by atoms with E-state index in [1.165, 1.54) is 30.5 Å². The van der Waals surface area contributed by atoms with Crippen LogP contribution in [0.4, 0.5) is 18.9 Å². The Balaban J connectivity index is 1.64. The molecule has 0 spiro atoms. The fourth-order valence-corrected chi connectivity index (χ4v) is 7.33. The first-order chi connectivity index (χ1) is 18.9. The van der Waals surface area contributed by atoms with Gasteiger partial charge in [0.05, 0.1) is 5.69 Å². The molecular formula is C26H28F3N7O2S2. The molecule has 1 saturated carbocycles. The molecule has 2 fully saturated rings. The molecule has 9 nitrogen and oxygen atoms in total. The third-order valence-corrected chi connectivity index (χ3v) is 9.76. The summed E-state index contributed by atoms with van der Waals surface area (Å²) >= 11 is 0.705. The zero-order chi connectivity index (χ0) is 28.4. The highest BCUT2D eigenvalue weighted by atomic mass is 32.2. The Morgan fingerprint density at radius 2 is 1.80 bits per heavy atom. The average Bonchev–Trinajstić information content (AvgIpc) is 3.27. The maximum absolute atomic E-state index is 13.8. The summed E-state index contributed by atoms with van der Waals surface area (Å²) in [5, 5.41) is 10.8. The highest BCUT2D eigenvalue weighted by Crippen LogP contribution is 2.41. The van der Waals surface area contributed by atoms with Crippen molar-refractivity contribution in [3.05, 3.63) is 47.4 Å². The lowest BCUT2D eigenvalue weighted by atomic mass is 10.1. The Labute approximate surface area is 233 Å². The summed E-state index contributed by atoms with van der Waals surface area (Å²) < 4.78 is 72.4. The topological polar surface area (TPSA) is 105 Å². The number of halogens is 3. The first kappa shape index (κ1) is 27.1. The molecule has 4 heterocycles. The van der Waals surface area contributed by atoms with E-state index in [9.17, 15) is 21.6 Å². The summed E-state index contributed by atoms with van der Waals surface area (Å²) in [5.74, 6) is -0.442. The minimum atomic E-state index is -3.95. The predicted molar refractivity (Wildman–Crippen MR) is 147 cm³/mol. The van der Waals surface area contributed by atoms with Crippen molar-refractivity contribution >= 4 is 32.7 Å². The molecule has 14 heteroatoms. The van der Waals surface area contributed by atoms with Crippen molar-refractivity contribution in [2.24, 2.45) is 0 Å². The molecule has 1 saturated heterocycles. The predicted octanol–water partition coefficient (Wildman–Crippen LogP) is 4.61. The maximum atomic E-state index is 13.8. The molecule has 0 unspecified atom stereocenters. The number of benzene rings is 1. The van der Waals surface area contributed by atoms with Crippen LogP contribution in [0, 0.1) is 5.82 Å². The second kappa shape index (κ2) is 9.79. The van der Waals surface area contributed by atoms with Gasteiger partial charge in [-0.3, -0.25) is 4.40 Å². The van der Waals surface area contributed by atoms with Gasteiger partial charge in [0.15, 0.2) is 15.7 Å². The molecule has 2 N–H and O–H groups in total. The zero-order valence-electron chi connectivity index (χ0n) is 22.0. The second-order valence-corrected chi connectivity index (χ2v) is 13.5. The summed E-state index contributed by atoms with van der Waals surface area (Å²) in [5.41, 5.74) is 1.69. The molecule has 6 rings (SSSR count). The summed E-state index contributed by atoms with van der Waals surface area (Å²) in [6.45, 7) is 7.13. The minimum Gasteiger partial charge on any atom is -0.365 e. The third-order valence-electron chi connectivity index (χ3n) is 7.21. The molecule has 212 valence electrons. The van der Waals surface area contributed by atoms with Crippen LogP contribution in [0.15, 0.2) is 41.4 Å². The Bertz CT molecular complexity index is 1670. The highest BCUT2D eigenvalue weighted by Gasteiger charge is 2.42. The van der Waals surface area contributed by atoms with Crippen LogP contribution >= 0.6 is 11.3 Å². The number of nitrogens with zero attached hydrogens (tertiary/aromatic N) is 5. The first-order valence-corrected chi connectivity index (χ1v) is 15.2. The van der Waals surface area contributed by atoms with E-state index in [0.717, 1.165) is 12.8 Å². The number of hydrogen-bond acceptors (Lipinski definition) is 8. The summed E-state index contributed by atoms with van der Waals surface area (Å²) in [4.78, 5) is 6.99. The number of hydrogen-bond donors (Lipinski definition) is 2. The van der Waals surface area contributed by atoms with Gasteiger partial charge in [-0.1, -0.05) is 11.3 Å². The van der Waals surface area contributed by atoms with Crippen LogP contribution in [0.2, 0.25) is 0 Å². The molecule has 1 aliphatic carbocycles. The van der Waals surface area contributed by atoms with Gasteiger partial charge in [-0.05, 0) is 63.9 Å². The number of sulfonamides is 1. The lowest BCUT2D eigenvalue weighted by Gasteiger charge is -2.37. The Kier molecular flexibility index (Phi) is 6.63. The molecular weight excluding hydrogens is 563 g/mol. The van der Waals surface area contributed by atoms with E-state index in [1.54, 1.807) is 10.5 Å². The normalized spacial score (nSPS) is 20.9. The molecule has 0 radical (unpaired) electrons. The van der Waals surface area contributed by atoms with Gasteiger partial charge in [0.1, 0.15) is 22.1 Å². The Morgan fingerprint density at radius 1 is 1.12 bits per heavy atom. The van der Waals surface area contributed by atoms with Crippen molar-refractivity contribution in [1.82, 2.24) is 29.6 Å². The quantitative estimate of drug-likeness (QED) is 0.323. The van der Waals surface area contributed by atoms with Crippen LogP contribution in [0.25, 0.3) is 27.6 Å². The number of aromatic nitrogens is 4. The summed E-state index contributed by atoms with van der Waals surface area (Å²) in [7, 11) is -3.95. The van der Waals surface area contributed by atoms with Gasteiger partial charge in [-0.25, -0.2) is 31.3 Å². The largest absolute Gasteiger partial charge is 0.365 e. The van der Waals surface area contributed by atoms with Gasteiger partial charge >= 0.3 is 0 Å². The van der Waals surface area contributed by atoms with Crippen molar-refractivity contribution in [3.63, 3.8) is 0 Å². The molecule has 2 aliphatic rings. The Morgan fingerprint density at radius 3 is 2.40 bits per heavy atom. The van der Waals surface area contributed by atoms with Crippen molar-refractivity contribution < 1.29 is 21.6 Å². The van der Waals surface area contributed by atoms with Gasteiger partial charge in [0.25, 0.3) is 6.43 Å². The molecule has 4 aromatic rings. The van der Waals surface area contributed by atoms with E-state index in [2.05, 4.69) is 25.1 Å². The number of nitrogens with one attached hydrogen (secondary N) is 2. The van der Waals surface area contributed by atoms with Crippen LogP contribution < -0.4 is 14.9 Å². The molecule has 3 aromatic heterocycles. The molecule has 40 heavy (non-hydrogen) atoms. The molecule has 0 amide bonds. The third kappa shape index (κ3) is 5.08. The first-order valence-electron chi connectivity index (χ1n) is 12.9. The fourth-order valence-electron chi connectivity index (χ4n) is 5.11. The fraction of sp³-hybridized carbons (Fsp3) is 0.423. The standard InChI is InChI=1S/C26H28F3N7O2S2/c1-14-11-35(12-15(2)30-14)19-10-18(40(37,38)34-26(3)8-9-26)13-36-21(24-32-33-25(39-24)22(28)29)20(31-23(19)36)16-4-6-17(27)7-5-16/h4-7,10,13-15,22,30,34H,8-9,11-12H2,1-3H3/t14-,15-/m0/s1. The molecule has 1 aliphatic heterocycles. The monoisotopic (exact) mass is 591 g/mol. The minimum absolute atomic E-state index is 0.0184. The van der Waals surface area contributed by atoms with E-state index in [1.807, 2.05) is 20.8 Å². The van der Waals surface area contributed by atoms with Crippen molar-refractivity contribution in [1.29, 1.82) is 0 Å². The van der Waals surface area contributed by atoms with E-state index >= 15 is 0 Å². The summed E-state index contributed by atoms with van der Waals surface area (Å²) in [6.07, 6.45) is 0.0974. The number of pyridine rings is 1. The van der Waals surface area contributed by atoms with Crippen LogP contribution in [-0.4, -0.2) is 58.7 Å². The number of fused-ring (bicyclic) bond motifs is 1. The molecule has 2 atom stereocenters. The zero-order valence-corrected chi connectivity index (χ0v) is 23.7. The van der Waals surface area contributed by atoms with Crippen LogP contribution in [0.3, 0.4) is 0 Å². The van der Waals surface area contributed by atoms with E-state index in [-0.39, 0.29) is 22.0 Å². The SMILES string of the molecule is C[C@H]1CN(c2cc(S(=O)(=O)NC3(C)CC3)cn3c(-c4nnc(C(F)F)s4)c(-c4ccc(F)cc4)nc23)C[C@H](C)N1. The van der Waals surface area contributed by atoms with Crippen molar-refractivity contribution in [2.75, 3.05) is 18.0 Å². The number of imidazole rings is 1. The van der Waals surface area contributed by atoms with Crippen LogP contribution in [-0.2, 0) is 10.0 Å². The van der Waals surface area contributed by atoms with E-state index in [0.29, 0.717) is 52.7 Å². The van der Waals surface area contributed by atoms with Crippen molar-refractivity contribution in [3.8, 4) is 22.0 Å². The van der Waals surface area contributed by atoms with Crippen molar-refractivity contribution in [2.45, 2.75) is 62.6 Å². The van der Waals surface area contributed by atoms with Gasteiger partial charge in [-0.15, -0.1) is 10.2 Å². The Hall–Kier alpha value is -3.07. The van der Waals surface area contributed by atoms with E-state index in [4.69, 9.17) is 4.98 Å². The van der Waals surface area contributed by atoms with Crippen LogP contribution in [0.5, 0.6) is 0 Å². The van der Waals surface area contributed by atoms with E-state index < -0.39 is 32.8 Å². The number of alkyl halides is 2. The second-order valence-electron chi connectivity index (χ2n) is 10.9. The van der Waals surface area contributed by atoms with Gasteiger partial charge in [0.2, 0.25) is 10.0 Å². The summed E-state index contributed by atoms with van der Waals surface area (Å²) in [6, 6.07) is 7.50. The lowest BCUT2D eigenvalue weighted by Crippen LogP contribution is -2.54. The number of piperazine rings is 1.